The normalized spacial score (nSPS) is 33.1. The summed E-state index contributed by atoms with van der Waals surface area (Å²) in [6, 6.07) is -11.1. The fourth-order valence-electron chi connectivity index (χ4n) is 18.2. The summed E-state index contributed by atoms with van der Waals surface area (Å²) in [4.78, 5) is 192. The molecule has 108 heavy (non-hydrogen) atoms. The summed E-state index contributed by atoms with van der Waals surface area (Å²) < 4.78 is 115. The van der Waals surface area contributed by atoms with Crippen LogP contribution in [-0.2, 0) is 57.5 Å². The molecule has 12 amide bonds. The Morgan fingerprint density at radius 3 is 1.80 bits per heavy atom. The molecule has 7 fully saturated rings. The Bertz CT molecular complexity index is 3310. The maximum absolute atomic E-state index is 15.7. The lowest BCUT2D eigenvalue weighted by Gasteiger charge is -2.54. The van der Waals surface area contributed by atoms with Gasteiger partial charge in [-0.05, 0) is 163 Å². The Hall–Kier alpha value is -7.18. The first-order valence-corrected chi connectivity index (χ1v) is 38.8. The minimum atomic E-state index is -5.21. The quantitative estimate of drug-likeness (QED) is 0.140. The van der Waals surface area contributed by atoms with Gasteiger partial charge in [0, 0.05) is 69.0 Å². The van der Waals surface area contributed by atoms with Crippen molar-refractivity contribution in [3.05, 3.63) is 12.2 Å². The molecule has 24 nitrogen and oxygen atoms in total. The first kappa shape index (κ1) is 86.4. The molecule has 3 aliphatic heterocycles. The minimum Gasteiger partial charge on any atom is -0.344 e. The number of carbonyl (C=O) groups excluding carboxylic acids is 12. The zero-order valence-corrected chi connectivity index (χ0v) is 65.1. The number of carbonyl (C=O) groups is 12. The van der Waals surface area contributed by atoms with Crippen LogP contribution in [0.25, 0.3) is 0 Å². The van der Waals surface area contributed by atoms with Gasteiger partial charge in [-0.25, -0.2) is 8.78 Å². The summed E-state index contributed by atoms with van der Waals surface area (Å²) >= 11 is 0. The van der Waals surface area contributed by atoms with E-state index in [9.17, 15) is 55.1 Å². The highest BCUT2D eigenvalue weighted by molar-refractivity contribution is 6.01. The first-order valence-electron chi connectivity index (χ1n) is 38.8. The molecule has 3 heterocycles. The fourth-order valence-corrected chi connectivity index (χ4v) is 18.2. The van der Waals surface area contributed by atoms with E-state index in [-0.39, 0.29) is 96.2 Å². The minimum absolute atomic E-state index is 0.00423. The van der Waals surface area contributed by atoms with E-state index in [0.717, 1.165) is 19.6 Å². The Morgan fingerprint density at radius 1 is 0.630 bits per heavy atom. The Balaban J connectivity index is 1.20. The molecule has 2 saturated heterocycles. The van der Waals surface area contributed by atoms with E-state index in [1.54, 1.807) is 39.8 Å². The van der Waals surface area contributed by atoms with Crippen molar-refractivity contribution in [2.45, 2.75) is 261 Å². The summed E-state index contributed by atoms with van der Waals surface area (Å²) in [6.07, 6.45) is -11.3. The highest BCUT2D eigenvalue weighted by atomic mass is 19.4. The highest BCUT2D eigenvalue weighted by Gasteiger charge is 2.60. The predicted octanol–water partition coefficient (Wildman–Crippen LogP) is 6.97. The van der Waals surface area contributed by atoms with Crippen molar-refractivity contribution in [1.29, 1.82) is 0 Å². The van der Waals surface area contributed by atoms with Crippen molar-refractivity contribution in [2.75, 3.05) is 82.1 Å². The van der Waals surface area contributed by atoms with Crippen molar-refractivity contribution in [2.24, 2.45) is 52.8 Å². The standard InChI is InChI=1S/C76H116F8N12O12/c1-14-44(4)61-70(106)90(9)40-59(99)91(10)53-23-17-16-20-32-95(69(53)105)56(36-45-24-29-49(30-25-45)75(79,80)81)68(104)89(8)39-57(97)85-52(31-26-46-34-50(77)60(51(78)35-46)76(82,83)84)66(102)96-38-43(3)33-54(96)64(100)87-74(41-73(5,6)42-74)72(108)94(13)63(47-21-18-19-22-47)71(107)92(11)55(67(103)88(7)15-2)37-58(98)93(12)62(48-27-28-48)65(101)86-61/h16-17,43-56,60-63H,14-15,18-42H2,1-13H3,(H,85,97)(H,86,101)(H,87,100)/b17-16-/t43-,44-,45?,46?,49?,50?,51?,52-,53-,54-,55-,56-,60?,61-,62-,63-/m0/s1. The number of amides is 12. The van der Waals surface area contributed by atoms with Crippen LogP contribution >= 0.6 is 0 Å². The average Bonchev–Trinajstić information content (AvgIpc) is 0.784. The van der Waals surface area contributed by atoms with Crippen LogP contribution in [0, 0.1) is 52.8 Å². The van der Waals surface area contributed by atoms with Gasteiger partial charge in [0.15, 0.2) is 0 Å². The molecule has 5 aliphatic carbocycles. The monoisotopic (exact) mass is 1540 g/mol. The molecular formula is C76H116F8N12O12. The molecular weight excluding hydrogens is 1420 g/mol. The molecule has 8 aliphatic rings. The second-order valence-electron chi connectivity index (χ2n) is 33.6. The summed E-state index contributed by atoms with van der Waals surface area (Å²) in [5.74, 6) is -17.1. The van der Waals surface area contributed by atoms with E-state index in [2.05, 4.69) is 16.0 Å². The van der Waals surface area contributed by atoms with E-state index in [0.29, 0.717) is 44.9 Å². The maximum atomic E-state index is 15.7. The second-order valence-corrected chi connectivity index (χ2v) is 33.6. The maximum Gasteiger partial charge on any atom is 0.397 e. The number of likely N-dealkylation sites (N-methyl/N-ethyl adjacent to an activating group) is 7. The third-order valence-corrected chi connectivity index (χ3v) is 24.8. The Kier molecular flexibility index (Phi) is 28.4. The number of nitrogens with zero attached hydrogens (tertiary/aromatic N) is 9. The third kappa shape index (κ3) is 20.1. The van der Waals surface area contributed by atoms with E-state index in [1.807, 2.05) is 13.8 Å². The Labute approximate surface area is 629 Å². The largest absolute Gasteiger partial charge is 0.397 e. The molecule has 2 bridgehead atoms. The second kappa shape index (κ2) is 35.5. The van der Waals surface area contributed by atoms with Gasteiger partial charge in [0.2, 0.25) is 70.9 Å². The van der Waals surface area contributed by atoms with Gasteiger partial charge in [-0.2, -0.15) is 26.3 Å². The van der Waals surface area contributed by atoms with Crippen LogP contribution in [-0.4, -0.2) is 276 Å². The molecule has 0 radical (unpaired) electrons. The van der Waals surface area contributed by atoms with Gasteiger partial charge in [-0.3, -0.25) is 57.5 Å². The molecule has 3 N–H and O–H groups in total. The van der Waals surface area contributed by atoms with Crippen LogP contribution in [0.15, 0.2) is 12.2 Å². The number of hydrogen-bond donors (Lipinski definition) is 3. The molecule has 8 rings (SSSR count). The van der Waals surface area contributed by atoms with Crippen LogP contribution in [0.1, 0.15) is 183 Å². The first-order chi connectivity index (χ1) is 50.4. The lowest BCUT2D eigenvalue weighted by atomic mass is 9.58. The van der Waals surface area contributed by atoms with Gasteiger partial charge in [0.05, 0.1) is 25.4 Å². The van der Waals surface area contributed by atoms with Crippen molar-refractivity contribution in [3.63, 3.8) is 0 Å². The van der Waals surface area contributed by atoms with Crippen molar-refractivity contribution < 1.29 is 92.7 Å². The average molecular weight is 1540 g/mol. The van der Waals surface area contributed by atoms with Gasteiger partial charge in [-0.1, -0.05) is 66.0 Å². The molecule has 608 valence electrons. The topological polar surface area (TPSA) is 270 Å². The summed E-state index contributed by atoms with van der Waals surface area (Å²) in [5.41, 5.74) is -2.29. The number of alkyl halides is 8. The molecule has 5 saturated carbocycles. The lowest BCUT2D eigenvalue weighted by Crippen LogP contribution is -2.71. The predicted molar refractivity (Wildman–Crippen MR) is 382 cm³/mol. The number of hydrogen-bond acceptors (Lipinski definition) is 12. The molecule has 0 aromatic rings. The lowest BCUT2D eigenvalue weighted by molar-refractivity contribution is -0.219. The van der Waals surface area contributed by atoms with E-state index >= 15 is 37.5 Å². The van der Waals surface area contributed by atoms with Crippen molar-refractivity contribution in [3.8, 4) is 0 Å². The molecule has 0 aromatic carbocycles. The molecule has 32 heteroatoms. The van der Waals surface area contributed by atoms with E-state index < -0.39 is 235 Å². The zero-order valence-electron chi connectivity index (χ0n) is 65.1. The van der Waals surface area contributed by atoms with Crippen molar-refractivity contribution >= 4 is 70.9 Å². The number of nitrogens with one attached hydrogen (secondary N) is 3. The summed E-state index contributed by atoms with van der Waals surface area (Å²) in [7, 11) is 9.62. The molecule has 2 unspecified atom stereocenters. The summed E-state index contributed by atoms with van der Waals surface area (Å²) in [5, 5.41) is 8.54. The van der Waals surface area contributed by atoms with Gasteiger partial charge in [-0.15, -0.1) is 0 Å². The van der Waals surface area contributed by atoms with Gasteiger partial charge < -0.3 is 60.0 Å². The SMILES string of the molecule is CC[C@H](C)[C@@H]1NC(=O)[C@H](C2CC2)N(C)C(=O)C[C@@H](C(=O)N(C)CC)N(C)C(=O)[C@H](C2CCCC2)N(C)C(=O)C2(CC(C)(C)C2)NC(=O)[C@@H]2C[C@H](C)CN2C(=O)[C@H](CCC2CC(F)C(C(F)(F)F)C(F)C2)NC(=O)CN(C)C(=O)[C@H](CC2CCC(C(F)(F)F)CC2)N2CC/C=C\C[C@@H](C2=O)N(C)C(=O)CN(C)C1=O. The van der Waals surface area contributed by atoms with E-state index in [4.69, 9.17) is 0 Å². The van der Waals surface area contributed by atoms with Gasteiger partial charge in [0.25, 0.3) is 0 Å². The zero-order chi connectivity index (χ0) is 80.1. The Morgan fingerprint density at radius 2 is 1.23 bits per heavy atom. The van der Waals surface area contributed by atoms with Gasteiger partial charge >= 0.3 is 12.4 Å². The molecule has 0 aromatic heterocycles. The van der Waals surface area contributed by atoms with Crippen molar-refractivity contribution in [1.82, 2.24) is 60.0 Å². The fraction of sp³-hybridized carbons (Fsp3) is 0.816. The smallest absolute Gasteiger partial charge is 0.344 e. The van der Waals surface area contributed by atoms with Crippen LogP contribution in [0.2, 0.25) is 0 Å². The highest BCUT2D eigenvalue weighted by Crippen LogP contribution is 2.51. The molecule has 1 spiro atoms. The number of fused-ring (bicyclic) bond motifs is 3. The van der Waals surface area contributed by atoms with Crippen LogP contribution in [0.4, 0.5) is 35.1 Å². The van der Waals surface area contributed by atoms with Crippen LogP contribution in [0.5, 0.6) is 0 Å². The third-order valence-electron chi connectivity index (χ3n) is 24.8. The number of halogens is 8. The van der Waals surface area contributed by atoms with Crippen LogP contribution in [0.3, 0.4) is 0 Å². The van der Waals surface area contributed by atoms with Gasteiger partial charge in [0.1, 0.15) is 72.1 Å². The van der Waals surface area contributed by atoms with E-state index in [1.165, 1.54) is 73.8 Å². The summed E-state index contributed by atoms with van der Waals surface area (Å²) in [6.45, 7) is 9.11. The number of rotatable bonds is 11. The molecule has 12 atom stereocenters. The van der Waals surface area contributed by atoms with Crippen LogP contribution < -0.4 is 16.0 Å².